The van der Waals surface area contributed by atoms with E-state index in [-0.39, 0.29) is 8.80 Å². The summed E-state index contributed by atoms with van der Waals surface area (Å²) in [5, 5.41) is 14.2. The Morgan fingerprint density at radius 1 is 0.153 bits per heavy atom. The summed E-state index contributed by atoms with van der Waals surface area (Å²) in [6, 6.07) is 4.48. The zero-order valence-corrected chi connectivity index (χ0v) is 47.6. The van der Waals surface area contributed by atoms with Crippen molar-refractivity contribution in [2.24, 2.45) is 0 Å². The third-order valence-electron chi connectivity index (χ3n) is 12.4. The molecule has 2 N–H and O–H groups in total. The Kier molecular flexibility index (Phi) is 28.2. The lowest BCUT2D eigenvalue weighted by Crippen LogP contribution is -2.10. The molecule has 0 aliphatic heterocycles. The fraction of sp³-hybridized carbons (Fsp3) is 0.111. The van der Waals surface area contributed by atoms with Crippen LogP contribution in [0.2, 0.25) is 18.1 Å². The first kappa shape index (κ1) is 83.4. The van der Waals surface area contributed by atoms with Gasteiger partial charge in [-0.3, -0.25) is 0 Å². The van der Waals surface area contributed by atoms with E-state index in [2.05, 4.69) is 20.8 Å². The van der Waals surface area contributed by atoms with Gasteiger partial charge >= 0.3 is 7.69 Å². The number of hydrogen-bond donors (Lipinski definition) is 2. The molecule has 0 aromatic heterocycles. The van der Waals surface area contributed by atoms with Gasteiger partial charge in [0.2, 0.25) is 46.5 Å². The highest BCUT2D eigenvalue weighted by atomic mass is 28.3. The Morgan fingerprint density at radius 3 is 0.245 bits per heavy atom. The van der Waals surface area contributed by atoms with Crippen molar-refractivity contribution in [2.75, 3.05) is 0 Å². The van der Waals surface area contributed by atoms with Crippen LogP contribution in [0, 0.1) is 233 Å². The minimum Gasteiger partial charge on any atom is -0.430 e. The van der Waals surface area contributed by atoms with Crippen LogP contribution in [0.25, 0.3) is 44.5 Å². The van der Waals surface area contributed by atoms with Gasteiger partial charge in [-0.25, -0.2) is 176 Å². The summed E-state index contributed by atoms with van der Waals surface area (Å²) in [5.74, 6) is -107. The van der Waals surface area contributed by atoms with Crippen molar-refractivity contribution < 1.29 is 186 Å². The van der Waals surface area contributed by atoms with E-state index in [1.54, 1.807) is 0 Å². The molecule has 8 rings (SSSR count). The predicted molar refractivity (Wildman–Crippen MR) is 256 cm³/mol. The molecular weight excluding hydrogens is 1480 g/mol. The van der Waals surface area contributed by atoms with Crippen LogP contribution in [0.15, 0.2) is 0 Å². The maximum Gasteiger partial charge on any atom is 0.432 e. The van der Waals surface area contributed by atoms with E-state index in [9.17, 15) is 176 Å². The van der Waals surface area contributed by atoms with Crippen LogP contribution >= 0.6 is 0 Å². The largest absolute Gasteiger partial charge is 0.432 e. The summed E-state index contributed by atoms with van der Waals surface area (Å²) in [5.41, 5.74) is -18.1. The number of halogens is 40. The summed E-state index contributed by atoms with van der Waals surface area (Å²) in [7, 11) is -0.921. The molecule has 0 unspecified atom stereocenters. The van der Waals surface area contributed by atoms with Crippen molar-refractivity contribution in [3.8, 4) is 44.5 Å². The highest BCUT2D eigenvalue weighted by molar-refractivity contribution is 6.58. The Labute approximate surface area is 517 Å². The first-order chi connectivity index (χ1) is 45.2. The lowest BCUT2D eigenvalue weighted by molar-refractivity contribution is 0.370. The third-order valence-corrected chi connectivity index (χ3v) is 15.9. The first-order valence-electron chi connectivity index (χ1n) is 24.5. The van der Waals surface area contributed by atoms with Gasteiger partial charge in [0, 0.05) is 8.80 Å². The Bertz CT molecular complexity index is 3380. The standard InChI is InChI=1S/4C12F10.C6H16Si.BH3O2/c4*13-3-1(4(14)8(18)11(21)7(3)17)2-5(15)9(19)12(22)10(20)6(2)16;1-4-7(5-2)6-3;2-1-3/h;;;;7H,4-6H2,1-3H3;1-3H. The molecule has 98 heavy (non-hydrogen) atoms. The lowest BCUT2D eigenvalue weighted by atomic mass is 10.0. The number of hydrogen-bond acceptors (Lipinski definition) is 2. The van der Waals surface area contributed by atoms with E-state index < -0.39 is 285 Å². The van der Waals surface area contributed by atoms with Crippen molar-refractivity contribution in [3.05, 3.63) is 233 Å². The number of benzene rings is 8. The Balaban J connectivity index is 0.000000324. The van der Waals surface area contributed by atoms with Crippen LogP contribution in [-0.2, 0) is 0 Å². The van der Waals surface area contributed by atoms with E-state index in [1.165, 1.54) is 18.1 Å². The average Bonchev–Trinajstić information content (AvgIpc) is 0.773. The highest BCUT2D eigenvalue weighted by Crippen LogP contribution is 2.42. The number of rotatable bonds is 7. The SMILES string of the molecule is CC[SiH](CC)CC.Fc1c(F)c(F)c(-c2c(F)c(F)c(F)c(F)c2F)c(F)c1F.Fc1c(F)c(F)c(-c2c(F)c(F)c(F)c(F)c2F)c(F)c1F.Fc1c(F)c(F)c(-c2c(F)c(F)c(F)c(F)c2F)c(F)c1F.Fc1c(F)c(F)c(-c2c(F)c(F)c(F)c(F)c2F)c(F)c1F.OBO. The van der Waals surface area contributed by atoms with Crippen molar-refractivity contribution >= 4 is 16.5 Å². The molecule has 0 aliphatic carbocycles. The fourth-order valence-electron chi connectivity index (χ4n) is 7.46. The molecule has 8 aromatic carbocycles. The maximum absolute atomic E-state index is 13.4. The van der Waals surface area contributed by atoms with Gasteiger partial charge in [0.25, 0.3) is 0 Å². The first-order valence-corrected chi connectivity index (χ1v) is 27.0. The monoisotopic (exact) mass is 1500 g/mol. The molecule has 0 fully saturated rings. The molecule has 44 heteroatoms. The summed E-state index contributed by atoms with van der Waals surface area (Å²) >= 11 is 0. The zero-order valence-electron chi connectivity index (χ0n) is 46.4. The molecule has 0 amide bonds. The van der Waals surface area contributed by atoms with E-state index in [4.69, 9.17) is 10.0 Å². The second-order valence-electron chi connectivity index (χ2n) is 17.8. The highest BCUT2D eigenvalue weighted by Gasteiger charge is 2.39. The molecule has 0 saturated carbocycles. The van der Waals surface area contributed by atoms with Crippen molar-refractivity contribution in [3.63, 3.8) is 0 Å². The second-order valence-corrected chi connectivity index (χ2v) is 22.0. The van der Waals surface area contributed by atoms with Crippen molar-refractivity contribution in [2.45, 2.75) is 38.9 Å². The molecule has 0 spiro atoms. The maximum atomic E-state index is 13.4. The minimum atomic E-state index is -2.68. The van der Waals surface area contributed by atoms with Gasteiger partial charge in [-0.1, -0.05) is 38.9 Å². The normalized spacial score (nSPS) is 10.9. The quantitative estimate of drug-likeness (QED) is 0.0723. The van der Waals surface area contributed by atoms with Crippen LogP contribution in [0.1, 0.15) is 20.8 Å². The van der Waals surface area contributed by atoms with E-state index in [1.807, 2.05) is 0 Å². The molecule has 0 saturated heterocycles. The van der Waals surface area contributed by atoms with Gasteiger partial charge in [-0.15, -0.1) is 0 Å². The lowest BCUT2D eigenvalue weighted by Gasteiger charge is -2.11. The van der Waals surface area contributed by atoms with E-state index in [0.29, 0.717) is 0 Å². The molecule has 534 valence electrons. The second kappa shape index (κ2) is 33.1. The zero-order chi connectivity index (χ0) is 76.1. The van der Waals surface area contributed by atoms with Gasteiger partial charge in [-0.05, 0) is 0 Å². The summed E-state index contributed by atoms with van der Waals surface area (Å²) in [6.07, 6.45) is 0. The van der Waals surface area contributed by atoms with Crippen LogP contribution < -0.4 is 0 Å². The van der Waals surface area contributed by atoms with Crippen LogP contribution in [-0.4, -0.2) is 26.5 Å². The van der Waals surface area contributed by atoms with Gasteiger partial charge in [0.1, 0.15) is 0 Å². The predicted octanol–water partition coefficient (Wildman–Crippen LogP) is 19.5. The Morgan fingerprint density at radius 2 is 0.204 bits per heavy atom. The molecule has 0 atom stereocenters. The minimum absolute atomic E-state index is 0.171. The molecule has 0 heterocycles. The topological polar surface area (TPSA) is 40.5 Å². The summed E-state index contributed by atoms with van der Waals surface area (Å²) < 4.78 is 525. The Hall–Kier alpha value is -8.84. The molecule has 0 aliphatic rings. The van der Waals surface area contributed by atoms with Crippen molar-refractivity contribution in [1.29, 1.82) is 0 Å². The van der Waals surface area contributed by atoms with Gasteiger partial charge in [0.15, 0.2) is 186 Å². The van der Waals surface area contributed by atoms with Crippen LogP contribution in [0.3, 0.4) is 0 Å². The van der Waals surface area contributed by atoms with Gasteiger partial charge in [0.05, 0.1) is 44.5 Å². The summed E-state index contributed by atoms with van der Waals surface area (Å²) in [6.45, 7) is 6.97. The molecular formula is C54H19BF40O2Si. The van der Waals surface area contributed by atoms with Crippen LogP contribution in [0.5, 0.6) is 0 Å². The van der Waals surface area contributed by atoms with Gasteiger partial charge < -0.3 is 10.0 Å². The fourth-order valence-corrected chi connectivity index (χ4v) is 9.19. The van der Waals surface area contributed by atoms with Crippen LogP contribution in [0.4, 0.5) is 176 Å². The molecule has 0 bridgehead atoms. The summed E-state index contributed by atoms with van der Waals surface area (Å²) in [4.78, 5) is 0. The molecule has 8 aromatic rings. The van der Waals surface area contributed by atoms with E-state index >= 15 is 0 Å². The third kappa shape index (κ3) is 15.4. The average molecular weight is 1500 g/mol. The van der Waals surface area contributed by atoms with Crippen molar-refractivity contribution in [1.82, 2.24) is 0 Å². The molecule has 0 radical (unpaired) electrons. The van der Waals surface area contributed by atoms with Gasteiger partial charge in [-0.2, -0.15) is 0 Å². The van der Waals surface area contributed by atoms with E-state index in [0.717, 1.165) is 0 Å². The molecule has 2 nitrogen and oxygen atoms in total. The smallest absolute Gasteiger partial charge is 0.430 e.